The van der Waals surface area contributed by atoms with E-state index in [0.29, 0.717) is 24.0 Å². The summed E-state index contributed by atoms with van der Waals surface area (Å²) in [5.74, 6) is 1.85. The molecule has 0 saturated heterocycles. The molecule has 0 amide bonds. The fraction of sp³-hybridized carbons (Fsp3) is 0.226. The van der Waals surface area contributed by atoms with Gasteiger partial charge >= 0.3 is 0 Å². The van der Waals surface area contributed by atoms with Gasteiger partial charge in [0.25, 0.3) is 0 Å². The van der Waals surface area contributed by atoms with Gasteiger partial charge in [-0.1, -0.05) is 54.6 Å². The van der Waals surface area contributed by atoms with E-state index in [1.165, 1.54) is 27.8 Å². The Morgan fingerprint density at radius 1 is 0.676 bits per heavy atom. The van der Waals surface area contributed by atoms with Gasteiger partial charge in [0, 0.05) is 0 Å². The lowest BCUT2D eigenvalue weighted by Crippen LogP contribution is -2.28. The molecule has 2 N–H and O–H groups in total. The van der Waals surface area contributed by atoms with Gasteiger partial charge in [0.2, 0.25) is 0 Å². The highest BCUT2D eigenvalue weighted by molar-refractivity contribution is 5.50. The molecule has 4 aromatic rings. The molecule has 0 aromatic heterocycles. The van der Waals surface area contributed by atoms with Gasteiger partial charge in [-0.3, -0.25) is 0 Å². The van der Waals surface area contributed by atoms with Crippen LogP contribution >= 0.6 is 0 Å². The fourth-order valence-electron chi connectivity index (χ4n) is 6.07. The van der Waals surface area contributed by atoms with Crippen LogP contribution in [-0.2, 0) is 32.3 Å². The smallest absolute Gasteiger partial charge is 0.119 e. The molecule has 0 fully saturated rings. The van der Waals surface area contributed by atoms with Gasteiger partial charge in [-0.25, -0.2) is 0 Å². The van der Waals surface area contributed by atoms with Crippen LogP contribution in [-0.4, -0.2) is 10.2 Å². The second-order valence-corrected chi connectivity index (χ2v) is 9.90. The van der Waals surface area contributed by atoms with Crippen LogP contribution in [0.5, 0.6) is 17.2 Å². The van der Waals surface area contributed by atoms with Gasteiger partial charge in [0.1, 0.15) is 23.9 Å². The molecule has 2 unspecified atom stereocenters. The minimum absolute atomic E-state index is 0.0781. The molecule has 4 aromatic carbocycles. The number of hydrogen-bond donors (Lipinski definition) is 2. The van der Waals surface area contributed by atoms with Crippen LogP contribution < -0.4 is 4.74 Å². The number of ether oxygens (including phenoxy) is 1. The summed E-state index contributed by atoms with van der Waals surface area (Å²) in [6, 6.07) is 30.3. The van der Waals surface area contributed by atoms with Crippen molar-refractivity contribution in [2.24, 2.45) is 5.41 Å². The standard InChI is InChI=1S/C31H28O3/c32-26-10-8-23-17-31(19-25(23)15-26)18-24-9-11-27(33)16-29(24)30(31)14-21-6-12-28(13-7-21)34-20-22-4-2-1-3-5-22/h1-13,15-16,30,32-33H,14,17-20H2. The number of aromatic hydroxyl groups is 2. The Labute approximate surface area is 200 Å². The Hall–Kier alpha value is -3.72. The highest BCUT2D eigenvalue weighted by atomic mass is 16.5. The van der Waals surface area contributed by atoms with E-state index in [0.717, 1.165) is 37.0 Å². The first-order valence-electron chi connectivity index (χ1n) is 12.0. The summed E-state index contributed by atoms with van der Waals surface area (Å²) >= 11 is 0. The molecule has 3 heteroatoms. The molecule has 0 saturated carbocycles. The largest absolute Gasteiger partial charge is 0.508 e. The second-order valence-electron chi connectivity index (χ2n) is 9.90. The third kappa shape index (κ3) is 3.81. The van der Waals surface area contributed by atoms with E-state index < -0.39 is 0 Å². The predicted molar refractivity (Wildman–Crippen MR) is 133 cm³/mol. The first-order chi connectivity index (χ1) is 16.6. The number of benzene rings is 4. The van der Waals surface area contributed by atoms with E-state index in [2.05, 4.69) is 48.5 Å². The summed E-state index contributed by atoms with van der Waals surface area (Å²) in [4.78, 5) is 0. The van der Waals surface area contributed by atoms with Gasteiger partial charge in [-0.15, -0.1) is 0 Å². The maximum atomic E-state index is 10.3. The van der Waals surface area contributed by atoms with Crippen molar-refractivity contribution in [2.75, 3.05) is 0 Å². The van der Waals surface area contributed by atoms with Gasteiger partial charge < -0.3 is 14.9 Å². The zero-order chi connectivity index (χ0) is 23.1. The van der Waals surface area contributed by atoms with Gasteiger partial charge in [-0.2, -0.15) is 0 Å². The molecule has 2 atom stereocenters. The van der Waals surface area contributed by atoms with E-state index in [1.807, 2.05) is 36.4 Å². The van der Waals surface area contributed by atoms with Crippen LogP contribution in [0.25, 0.3) is 0 Å². The van der Waals surface area contributed by atoms with Crippen molar-refractivity contribution < 1.29 is 14.9 Å². The topological polar surface area (TPSA) is 49.7 Å². The maximum Gasteiger partial charge on any atom is 0.119 e. The molecule has 34 heavy (non-hydrogen) atoms. The third-order valence-electron chi connectivity index (χ3n) is 7.67. The lowest BCUT2D eigenvalue weighted by molar-refractivity contribution is 0.257. The van der Waals surface area contributed by atoms with Crippen molar-refractivity contribution in [2.45, 2.75) is 38.2 Å². The lowest BCUT2D eigenvalue weighted by atomic mass is 9.71. The molecular weight excluding hydrogens is 420 g/mol. The van der Waals surface area contributed by atoms with Crippen LogP contribution in [0.4, 0.5) is 0 Å². The molecule has 0 aliphatic heterocycles. The van der Waals surface area contributed by atoms with E-state index >= 15 is 0 Å². The molecule has 2 aliphatic rings. The predicted octanol–water partition coefficient (Wildman–Crippen LogP) is 6.34. The van der Waals surface area contributed by atoms with Crippen molar-refractivity contribution in [3.63, 3.8) is 0 Å². The molecule has 0 bridgehead atoms. The fourth-order valence-corrected chi connectivity index (χ4v) is 6.07. The van der Waals surface area contributed by atoms with Crippen molar-refractivity contribution >= 4 is 0 Å². The average molecular weight is 449 g/mol. The minimum Gasteiger partial charge on any atom is -0.508 e. The summed E-state index contributed by atoms with van der Waals surface area (Å²) in [5, 5.41) is 20.3. The first-order valence-corrected chi connectivity index (χ1v) is 12.0. The molecule has 1 spiro atoms. The molecule has 6 rings (SSSR count). The first kappa shape index (κ1) is 20.9. The number of phenolic OH excluding ortho intramolecular Hbond substituents is 2. The number of phenols is 2. The van der Waals surface area contributed by atoms with Crippen LogP contribution in [0.15, 0.2) is 91.0 Å². The Bertz CT molecular complexity index is 1320. The van der Waals surface area contributed by atoms with Crippen LogP contribution in [0.2, 0.25) is 0 Å². The summed E-state index contributed by atoms with van der Waals surface area (Å²) in [6.45, 7) is 0.559. The Kier molecular flexibility index (Phi) is 5.06. The summed E-state index contributed by atoms with van der Waals surface area (Å²) in [5.41, 5.74) is 7.70. The zero-order valence-corrected chi connectivity index (χ0v) is 19.1. The van der Waals surface area contributed by atoms with Crippen LogP contribution in [0.3, 0.4) is 0 Å². The average Bonchev–Trinajstić information content (AvgIpc) is 3.35. The van der Waals surface area contributed by atoms with Crippen LogP contribution in [0, 0.1) is 5.41 Å². The Morgan fingerprint density at radius 2 is 1.35 bits per heavy atom. The van der Waals surface area contributed by atoms with Crippen LogP contribution in [0.1, 0.15) is 39.3 Å². The molecule has 0 heterocycles. The van der Waals surface area contributed by atoms with Crippen molar-refractivity contribution in [3.8, 4) is 17.2 Å². The highest BCUT2D eigenvalue weighted by Gasteiger charge is 2.49. The summed E-state index contributed by atoms with van der Waals surface area (Å²) in [6.07, 6.45) is 3.87. The second kappa shape index (κ2) is 8.25. The molecular formula is C31H28O3. The van der Waals surface area contributed by atoms with E-state index in [-0.39, 0.29) is 5.41 Å². The zero-order valence-electron chi connectivity index (χ0n) is 19.1. The van der Waals surface area contributed by atoms with Gasteiger partial charge in [-0.05, 0) is 107 Å². The monoisotopic (exact) mass is 448 g/mol. The van der Waals surface area contributed by atoms with Gasteiger partial charge in [0.05, 0.1) is 0 Å². The minimum atomic E-state index is 0.0781. The molecule has 3 nitrogen and oxygen atoms in total. The van der Waals surface area contributed by atoms with E-state index in [4.69, 9.17) is 4.74 Å². The van der Waals surface area contributed by atoms with E-state index in [9.17, 15) is 10.2 Å². The quantitative estimate of drug-likeness (QED) is 0.374. The number of fused-ring (bicyclic) bond motifs is 2. The van der Waals surface area contributed by atoms with E-state index in [1.54, 1.807) is 6.07 Å². The lowest BCUT2D eigenvalue weighted by Gasteiger charge is -2.32. The van der Waals surface area contributed by atoms with Crippen molar-refractivity contribution in [1.29, 1.82) is 0 Å². The van der Waals surface area contributed by atoms with Crippen molar-refractivity contribution in [3.05, 3.63) is 124 Å². The number of rotatable bonds is 5. The molecule has 170 valence electrons. The normalized spacial score (nSPS) is 20.3. The summed E-state index contributed by atoms with van der Waals surface area (Å²) < 4.78 is 5.98. The summed E-state index contributed by atoms with van der Waals surface area (Å²) in [7, 11) is 0. The maximum absolute atomic E-state index is 10.3. The van der Waals surface area contributed by atoms with Crippen molar-refractivity contribution in [1.82, 2.24) is 0 Å². The molecule has 0 radical (unpaired) electrons. The molecule has 2 aliphatic carbocycles. The SMILES string of the molecule is Oc1ccc2c(c1)CC1(C2)Cc2ccc(O)cc2C1Cc1ccc(OCc2ccccc2)cc1. The Morgan fingerprint density at radius 3 is 2.15 bits per heavy atom. The third-order valence-corrected chi connectivity index (χ3v) is 7.67. The Balaban J connectivity index is 1.25. The highest BCUT2D eigenvalue weighted by Crippen LogP contribution is 2.56. The van der Waals surface area contributed by atoms with Gasteiger partial charge in [0.15, 0.2) is 0 Å². The number of hydrogen-bond acceptors (Lipinski definition) is 3.